The van der Waals surface area contributed by atoms with Gasteiger partial charge in [0.2, 0.25) is 0 Å². The molecule has 0 saturated heterocycles. The first kappa shape index (κ1) is 10.6. The lowest BCUT2D eigenvalue weighted by molar-refractivity contribution is 0.327. The van der Waals surface area contributed by atoms with E-state index in [-0.39, 0.29) is 0 Å². The van der Waals surface area contributed by atoms with Crippen molar-refractivity contribution < 1.29 is 0 Å². The average Bonchev–Trinajstić information content (AvgIpc) is 2.31. The highest BCUT2D eigenvalue weighted by atomic mass is 14.9. The molecule has 82 valence electrons. The minimum Gasteiger partial charge on any atom is -0.309 e. The van der Waals surface area contributed by atoms with Gasteiger partial charge in [-0.05, 0) is 17.5 Å². The number of aromatic nitrogens is 1. The number of nitrogens with one attached hydrogen (secondary N) is 1. The Morgan fingerprint density at radius 1 is 1.47 bits per heavy atom. The normalized spacial score (nSPS) is 20.3. The third-order valence-corrected chi connectivity index (χ3v) is 3.51. The fourth-order valence-corrected chi connectivity index (χ4v) is 2.58. The molecular weight excluding hydrogens is 184 g/mol. The largest absolute Gasteiger partial charge is 0.309 e. The smallest absolute Gasteiger partial charge is 0.0464 e. The monoisotopic (exact) mass is 204 g/mol. The summed E-state index contributed by atoms with van der Waals surface area (Å²) in [5, 5.41) is 3.64. The summed E-state index contributed by atoms with van der Waals surface area (Å²) in [6, 6.07) is 4.82. The lowest BCUT2D eigenvalue weighted by Gasteiger charge is -2.31. The van der Waals surface area contributed by atoms with E-state index >= 15 is 0 Å². The van der Waals surface area contributed by atoms with Gasteiger partial charge in [0.1, 0.15) is 0 Å². The molecule has 2 heteroatoms. The van der Waals surface area contributed by atoms with Crippen LogP contribution in [0.5, 0.6) is 0 Å². The third-order valence-electron chi connectivity index (χ3n) is 3.51. The van der Waals surface area contributed by atoms with Gasteiger partial charge in [0.25, 0.3) is 0 Å². The van der Waals surface area contributed by atoms with Gasteiger partial charge in [-0.3, -0.25) is 4.98 Å². The molecule has 2 nitrogen and oxygen atoms in total. The zero-order chi connectivity index (χ0) is 10.7. The molecule has 1 aromatic heterocycles. The van der Waals surface area contributed by atoms with Crippen molar-refractivity contribution in [2.75, 3.05) is 6.54 Å². The van der Waals surface area contributed by atoms with E-state index in [9.17, 15) is 0 Å². The third kappa shape index (κ3) is 2.05. The number of hydrogen-bond donors (Lipinski definition) is 1. The van der Waals surface area contributed by atoms with Crippen molar-refractivity contribution in [2.24, 2.45) is 5.92 Å². The topological polar surface area (TPSA) is 24.9 Å². The van der Waals surface area contributed by atoms with Crippen molar-refractivity contribution in [1.82, 2.24) is 10.3 Å². The van der Waals surface area contributed by atoms with Crippen LogP contribution in [-0.2, 0) is 6.42 Å². The predicted molar refractivity (Wildman–Crippen MR) is 62.8 cm³/mol. The van der Waals surface area contributed by atoms with Crippen molar-refractivity contribution in [1.29, 1.82) is 0 Å². The van der Waals surface area contributed by atoms with Gasteiger partial charge in [-0.2, -0.15) is 0 Å². The zero-order valence-electron chi connectivity index (χ0n) is 9.66. The summed E-state index contributed by atoms with van der Waals surface area (Å²) in [6.07, 6.45) is 5.46. The highest BCUT2D eigenvalue weighted by Crippen LogP contribution is 2.31. The first-order valence-electron chi connectivity index (χ1n) is 6.04. The van der Waals surface area contributed by atoms with E-state index in [4.69, 9.17) is 0 Å². The Labute approximate surface area is 92.1 Å². The minimum absolute atomic E-state index is 0.525. The summed E-state index contributed by atoms with van der Waals surface area (Å²) in [7, 11) is 0. The maximum Gasteiger partial charge on any atom is 0.0464 e. The van der Waals surface area contributed by atoms with Gasteiger partial charge in [-0.15, -0.1) is 0 Å². The molecule has 2 heterocycles. The van der Waals surface area contributed by atoms with E-state index in [1.807, 2.05) is 6.20 Å². The molecule has 2 rings (SSSR count). The molecule has 1 atom stereocenters. The molecule has 0 radical (unpaired) electrons. The summed E-state index contributed by atoms with van der Waals surface area (Å²) >= 11 is 0. The molecule has 0 saturated carbocycles. The van der Waals surface area contributed by atoms with Crippen LogP contribution < -0.4 is 5.32 Å². The van der Waals surface area contributed by atoms with Crippen LogP contribution in [-0.4, -0.2) is 11.5 Å². The summed E-state index contributed by atoms with van der Waals surface area (Å²) < 4.78 is 0. The van der Waals surface area contributed by atoms with E-state index in [0.29, 0.717) is 6.04 Å². The summed E-state index contributed by atoms with van der Waals surface area (Å²) in [4.78, 5) is 4.48. The van der Waals surface area contributed by atoms with Crippen LogP contribution in [0, 0.1) is 5.92 Å². The van der Waals surface area contributed by atoms with Gasteiger partial charge >= 0.3 is 0 Å². The van der Waals surface area contributed by atoms with Gasteiger partial charge in [0, 0.05) is 30.9 Å². The van der Waals surface area contributed by atoms with Crippen molar-refractivity contribution in [3.05, 3.63) is 29.6 Å². The molecule has 1 N–H and O–H groups in total. The number of fused-ring (bicyclic) bond motifs is 1. The van der Waals surface area contributed by atoms with Crippen LogP contribution in [0.3, 0.4) is 0 Å². The van der Waals surface area contributed by atoms with Crippen LogP contribution in [0.4, 0.5) is 0 Å². The second kappa shape index (κ2) is 4.75. The fourth-order valence-electron chi connectivity index (χ4n) is 2.58. The van der Waals surface area contributed by atoms with Crippen molar-refractivity contribution in [3.8, 4) is 0 Å². The van der Waals surface area contributed by atoms with Gasteiger partial charge < -0.3 is 5.32 Å². The van der Waals surface area contributed by atoms with Gasteiger partial charge in [-0.1, -0.05) is 32.8 Å². The molecule has 1 unspecified atom stereocenters. The highest BCUT2D eigenvalue weighted by Gasteiger charge is 2.25. The maximum absolute atomic E-state index is 4.48. The van der Waals surface area contributed by atoms with Crippen LogP contribution in [0.1, 0.15) is 44.0 Å². The lowest BCUT2D eigenvalue weighted by Crippen LogP contribution is -2.35. The summed E-state index contributed by atoms with van der Waals surface area (Å²) in [6.45, 7) is 5.63. The Balaban J connectivity index is 2.28. The Hall–Kier alpha value is -0.890. The Bertz CT molecular complexity index is 318. The Morgan fingerprint density at radius 2 is 2.27 bits per heavy atom. The lowest BCUT2D eigenvalue weighted by atomic mass is 9.85. The van der Waals surface area contributed by atoms with Crippen LogP contribution in [0.25, 0.3) is 0 Å². The van der Waals surface area contributed by atoms with Crippen molar-refractivity contribution >= 4 is 0 Å². The molecule has 0 fully saturated rings. The maximum atomic E-state index is 4.48. The molecule has 1 aromatic rings. The van der Waals surface area contributed by atoms with E-state index in [1.165, 1.54) is 24.1 Å². The summed E-state index contributed by atoms with van der Waals surface area (Å²) in [5.41, 5.74) is 2.73. The molecular formula is C13H20N2. The van der Waals surface area contributed by atoms with Crippen molar-refractivity contribution in [2.45, 2.75) is 39.2 Å². The van der Waals surface area contributed by atoms with E-state index < -0.39 is 0 Å². The molecule has 0 aromatic carbocycles. The predicted octanol–water partition coefficient (Wildman–Crippen LogP) is 2.70. The van der Waals surface area contributed by atoms with E-state index in [2.05, 4.69) is 36.3 Å². The van der Waals surface area contributed by atoms with Gasteiger partial charge in [-0.25, -0.2) is 0 Å². The highest BCUT2D eigenvalue weighted by molar-refractivity contribution is 5.27. The standard InChI is InChI=1S/C13H20N2/c1-3-10(4-2)13-11-6-5-8-14-12(11)7-9-15-13/h5-6,8,10,13,15H,3-4,7,9H2,1-2H3. The number of pyridine rings is 1. The molecule has 1 aliphatic heterocycles. The second-order valence-electron chi connectivity index (χ2n) is 4.30. The Kier molecular flexibility index (Phi) is 3.37. The minimum atomic E-state index is 0.525. The first-order chi connectivity index (χ1) is 7.36. The van der Waals surface area contributed by atoms with Gasteiger partial charge in [0.15, 0.2) is 0 Å². The van der Waals surface area contributed by atoms with Crippen LogP contribution >= 0.6 is 0 Å². The van der Waals surface area contributed by atoms with Crippen LogP contribution in [0.2, 0.25) is 0 Å². The second-order valence-corrected chi connectivity index (χ2v) is 4.30. The quantitative estimate of drug-likeness (QED) is 0.819. The first-order valence-corrected chi connectivity index (χ1v) is 6.04. The Morgan fingerprint density at radius 3 is 3.00 bits per heavy atom. The van der Waals surface area contributed by atoms with Crippen molar-refractivity contribution in [3.63, 3.8) is 0 Å². The molecule has 0 aliphatic carbocycles. The molecule has 0 amide bonds. The molecule has 0 bridgehead atoms. The van der Waals surface area contributed by atoms with Gasteiger partial charge in [0.05, 0.1) is 0 Å². The fraction of sp³-hybridized carbons (Fsp3) is 0.615. The average molecular weight is 204 g/mol. The van der Waals surface area contributed by atoms with E-state index in [0.717, 1.165) is 18.9 Å². The molecule has 1 aliphatic rings. The number of hydrogen-bond acceptors (Lipinski definition) is 2. The molecule has 15 heavy (non-hydrogen) atoms. The SMILES string of the molecule is CCC(CC)C1NCCc2ncccc21. The van der Waals surface area contributed by atoms with E-state index in [1.54, 1.807) is 0 Å². The zero-order valence-corrected chi connectivity index (χ0v) is 9.66. The number of nitrogens with zero attached hydrogens (tertiary/aromatic N) is 1. The van der Waals surface area contributed by atoms with Crippen LogP contribution in [0.15, 0.2) is 18.3 Å². The summed E-state index contributed by atoms with van der Waals surface area (Å²) in [5.74, 6) is 0.744. The molecule has 0 spiro atoms. The number of rotatable bonds is 3.